The standard InChI is InChI=1S/C21H15Cl2N3O/c22-14-5-6-20-16(11-14)19-12-18(13-7-9-24-10-8-13)25-26(19)21(27-20)15-3-1-2-4-17(15)23/h1-11,19,21H,12H2/t19-,21+/m1/s1. The monoisotopic (exact) mass is 395 g/mol. The maximum Gasteiger partial charge on any atom is 0.215 e. The van der Waals surface area contributed by atoms with Gasteiger partial charge in [0, 0.05) is 45.6 Å². The summed E-state index contributed by atoms with van der Waals surface area (Å²) in [4.78, 5) is 4.10. The van der Waals surface area contributed by atoms with Crippen molar-refractivity contribution in [2.75, 3.05) is 0 Å². The minimum Gasteiger partial charge on any atom is -0.464 e. The maximum atomic E-state index is 6.47. The summed E-state index contributed by atoms with van der Waals surface area (Å²) in [5.74, 6) is 0.816. The fraction of sp³-hybridized carbons (Fsp3) is 0.143. The second kappa shape index (κ2) is 6.55. The number of hydrogen-bond donors (Lipinski definition) is 0. The average molecular weight is 396 g/mol. The molecule has 4 nitrogen and oxygen atoms in total. The van der Waals surface area contributed by atoms with Crippen LogP contribution in [0.4, 0.5) is 0 Å². The molecule has 3 aromatic rings. The maximum absolute atomic E-state index is 6.47. The third kappa shape index (κ3) is 2.85. The lowest BCUT2D eigenvalue weighted by atomic mass is 9.96. The summed E-state index contributed by atoms with van der Waals surface area (Å²) in [6.45, 7) is 0. The van der Waals surface area contributed by atoms with Crippen LogP contribution in [0.2, 0.25) is 10.0 Å². The molecule has 6 heteroatoms. The van der Waals surface area contributed by atoms with Crippen molar-refractivity contribution in [3.63, 3.8) is 0 Å². The van der Waals surface area contributed by atoms with E-state index in [0.29, 0.717) is 10.0 Å². The molecule has 0 saturated carbocycles. The van der Waals surface area contributed by atoms with Crippen LogP contribution in [0.3, 0.4) is 0 Å². The Morgan fingerprint density at radius 1 is 0.963 bits per heavy atom. The number of hydrazone groups is 1. The van der Waals surface area contributed by atoms with Gasteiger partial charge in [-0.3, -0.25) is 4.98 Å². The summed E-state index contributed by atoms with van der Waals surface area (Å²) >= 11 is 12.7. The van der Waals surface area contributed by atoms with Gasteiger partial charge in [-0.05, 0) is 36.4 Å². The quantitative estimate of drug-likeness (QED) is 0.563. The Kier molecular flexibility index (Phi) is 4.03. The molecule has 0 saturated heterocycles. The van der Waals surface area contributed by atoms with Gasteiger partial charge in [0.25, 0.3) is 0 Å². The van der Waals surface area contributed by atoms with Gasteiger partial charge in [0.05, 0.1) is 11.8 Å². The van der Waals surface area contributed by atoms with Crippen LogP contribution in [-0.4, -0.2) is 15.7 Å². The lowest BCUT2D eigenvalue weighted by Crippen LogP contribution is -2.33. The number of fused-ring (bicyclic) bond motifs is 3. The number of pyridine rings is 1. The third-order valence-corrected chi connectivity index (χ3v) is 5.52. The second-order valence-corrected chi connectivity index (χ2v) is 7.40. The van der Waals surface area contributed by atoms with Crippen LogP contribution in [0.1, 0.15) is 35.4 Å². The van der Waals surface area contributed by atoms with E-state index in [1.165, 1.54) is 0 Å². The van der Waals surface area contributed by atoms with Gasteiger partial charge in [-0.25, -0.2) is 5.01 Å². The van der Waals surface area contributed by atoms with Crippen LogP contribution in [0.15, 0.2) is 72.1 Å². The minimum atomic E-state index is -0.392. The summed E-state index contributed by atoms with van der Waals surface area (Å²) in [5, 5.41) is 8.24. The molecule has 134 valence electrons. The van der Waals surface area contributed by atoms with E-state index < -0.39 is 6.23 Å². The number of ether oxygens (including phenoxy) is 1. The van der Waals surface area contributed by atoms with E-state index >= 15 is 0 Å². The van der Waals surface area contributed by atoms with Gasteiger partial charge in [0.15, 0.2) is 0 Å². The van der Waals surface area contributed by atoms with Crippen molar-refractivity contribution in [1.29, 1.82) is 0 Å². The first kappa shape index (κ1) is 16.6. The van der Waals surface area contributed by atoms with Crippen LogP contribution in [0.25, 0.3) is 0 Å². The Morgan fingerprint density at radius 3 is 2.59 bits per heavy atom. The first-order valence-electron chi connectivity index (χ1n) is 8.67. The van der Waals surface area contributed by atoms with Crippen molar-refractivity contribution in [1.82, 2.24) is 9.99 Å². The molecular weight excluding hydrogens is 381 g/mol. The Balaban J connectivity index is 1.64. The van der Waals surface area contributed by atoms with Gasteiger partial charge in [0.2, 0.25) is 6.23 Å². The molecule has 0 unspecified atom stereocenters. The number of aromatic nitrogens is 1. The van der Waals surface area contributed by atoms with Crippen LogP contribution < -0.4 is 4.74 Å². The molecule has 0 amide bonds. The molecule has 0 aliphatic carbocycles. The Morgan fingerprint density at radius 2 is 1.78 bits per heavy atom. The van der Waals surface area contributed by atoms with E-state index in [1.807, 2.05) is 59.6 Å². The molecule has 2 atom stereocenters. The predicted octanol–water partition coefficient (Wildman–Crippen LogP) is 5.63. The lowest BCUT2D eigenvalue weighted by molar-refractivity contribution is -0.0189. The molecule has 2 aliphatic heterocycles. The molecule has 2 aliphatic rings. The molecule has 3 heterocycles. The number of halogens is 2. The Bertz CT molecular complexity index is 1040. The molecule has 0 spiro atoms. The number of nitrogens with zero attached hydrogens (tertiary/aromatic N) is 3. The lowest BCUT2D eigenvalue weighted by Gasteiger charge is -2.38. The number of benzene rings is 2. The molecular formula is C21H15Cl2N3O. The summed E-state index contributed by atoms with van der Waals surface area (Å²) in [6, 6.07) is 17.4. The van der Waals surface area contributed by atoms with E-state index in [2.05, 4.69) is 4.98 Å². The number of hydrogen-bond acceptors (Lipinski definition) is 4. The smallest absolute Gasteiger partial charge is 0.215 e. The molecule has 0 bridgehead atoms. The van der Waals surface area contributed by atoms with Gasteiger partial charge in [-0.15, -0.1) is 0 Å². The van der Waals surface area contributed by atoms with E-state index in [-0.39, 0.29) is 6.04 Å². The Labute approximate surface area is 167 Å². The van der Waals surface area contributed by atoms with Crippen LogP contribution in [0.5, 0.6) is 5.75 Å². The molecule has 5 rings (SSSR count). The molecule has 0 fully saturated rings. The summed E-state index contributed by atoms with van der Waals surface area (Å²) in [6.07, 6.45) is 3.93. The topological polar surface area (TPSA) is 37.7 Å². The zero-order chi connectivity index (χ0) is 18.4. The highest BCUT2D eigenvalue weighted by molar-refractivity contribution is 6.31. The normalized spacial score (nSPS) is 20.5. The van der Waals surface area contributed by atoms with Gasteiger partial charge in [-0.1, -0.05) is 41.4 Å². The molecule has 27 heavy (non-hydrogen) atoms. The van der Waals surface area contributed by atoms with Crippen LogP contribution in [-0.2, 0) is 0 Å². The summed E-state index contributed by atoms with van der Waals surface area (Å²) in [7, 11) is 0. The van der Waals surface area contributed by atoms with Crippen molar-refractivity contribution in [3.05, 3.63) is 93.7 Å². The van der Waals surface area contributed by atoms with E-state index in [4.69, 9.17) is 33.0 Å². The van der Waals surface area contributed by atoms with E-state index in [1.54, 1.807) is 12.4 Å². The predicted molar refractivity (Wildman–Crippen MR) is 106 cm³/mol. The van der Waals surface area contributed by atoms with Crippen molar-refractivity contribution < 1.29 is 4.74 Å². The minimum absolute atomic E-state index is 0.0388. The van der Waals surface area contributed by atoms with Gasteiger partial charge in [-0.2, -0.15) is 5.10 Å². The van der Waals surface area contributed by atoms with Gasteiger partial charge >= 0.3 is 0 Å². The highest BCUT2D eigenvalue weighted by atomic mass is 35.5. The SMILES string of the molecule is Clc1ccc2c(c1)[C@H]1CC(c3ccncc3)=NN1[C@H](c1ccccc1Cl)O2. The van der Waals surface area contributed by atoms with Crippen LogP contribution in [0, 0.1) is 0 Å². The zero-order valence-corrected chi connectivity index (χ0v) is 15.7. The van der Waals surface area contributed by atoms with Gasteiger partial charge < -0.3 is 4.74 Å². The second-order valence-electron chi connectivity index (χ2n) is 6.56. The fourth-order valence-corrected chi connectivity index (χ4v) is 4.07. The molecule has 2 aromatic carbocycles. The fourth-order valence-electron chi connectivity index (χ4n) is 3.66. The number of rotatable bonds is 2. The molecule has 0 N–H and O–H groups in total. The third-order valence-electron chi connectivity index (χ3n) is 4.94. The Hall–Kier alpha value is -2.56. The average Bonchev–Trinajstić information content (AvgIpc) is 3.15. The molecule has 1 aromatic heterocycles. The summed E-state index contributed by atoms with van der Waals surface area (Å²) in [5.41, 5.74) is 3.99. The van der Waals surface area contributed by atoms with Crippen LogP contribution >= 0.6 is 23.2 Å². The highest BCUT2D eigenvalue weighted by Gasteiger charge is 2.41. The van der Waals surface area contributed by atoms with Crippen molar-refractivity contribution in [2.45, 2.75) is 18.7 Å². The van der Waals surface area contributed by atoms with Crippen molar-refractivity contribution in [3.8, 4) is 5.75 Å². The highest BCUT2D eigenvalue weighted by Crippen LogP contribution is 2.48. The molecule has 0 radical (unpaired) electrons. The van der Waals surface area contributed by atoms with E-state index in [0.717, 1.165) is 34.6 Å². The van der Waals surface area contributed by atoms with E-state index in [9.17, 15) is 0 Å². The van der Waals surface area contributed by atoms with Crippen molar-refractivity contribution >= 4 is 28.9 Å². The summed E-state index contributed by atoms with van der Waals surface area (Å²) < 4.78 is 6.32. The zero-order valence-electron chi connectivity index (χ0n) is 14.2. The largest absolute Gasteiger partial charge is 0.464 e. The van der Waals surface area contributed by atoms with Crippen molar-refractivity contribution in [2.24, 2.45) is 5.10 Å². The first-order valence-corrected chi connectivity index (χ1v) is 9.43. The van der Waals surface area contributed by atoms with Gasteiger partial charge in [0.1, 0.15) is 5.75 Å². The first-order chi connectivity index (χ1) is 13.2.